The Labute approximate surface area is 155 Å². The van der Waals surface area contributed by atoms with Gasteiger partial charge >= 0.3 is 5.97 Å². The molecule has 0 radical (unpaired) electrons. The van der Waals surface area contributed by atoms with Gasteiger partial charge in [0.1, 0.15) is 0 Å². The van der Waals surface area contributed by atoms with Crippen molar-refractivity contribution in [3.63, 3.8) is 0 Å². The summed E-state index contributed by atoms with van der Waals surface area (Å²) in [5.74, 6) is -0.0921. The molecule has 0 aromatic heterocycles. The third-order valence-corrected chi connectivity index (χ3v) is 7.03. The summed E-state index contributed by atoms with van der Waals surface area (Å²) in [7, 11) is 1.50. The summed E-state index contributed by atoms with van der Waals surface area (Å²) in [6, 6.07) is 0. The highest BCUT2D eigenvalue weighted by molar-refractivity contribution is 5.93. The number of carbonyl (C=O) groups excluding carboxylic acids is 1. The number of carbonyl (C=O) groups is 1. The first-order valence-electron chi connectivity index (χ1n) is 9.36. The number of rotatable bonds is 4. The third-order valence-electron chi connectivity index (χ3n) is 7.03. The van der Waals surface area contributed by atoms with Crippen LogP contribution in [0.3, 0.4) is 0 Å². The molecular weight excluding hydrogens is 332 g/mol. The Morgan fingerprint density at radius 3 is 2.77 bits per heavy atom. The first-order chi connectivity index (χ1) is 12.3. The minimum atomic E-state index is -0.623. The fourth-order valence-electron chi connectivity index (χ4n) is 5.35. The molecule has 3 rings (SSSR count). The predicted molar refractivity (Wildman–Crippen MR) is 98.0 cm³/mol. The molecule has 5 nitrogen and oxygen atoms in total. The van der Waals surface area contributed by atoms with Gasteiger partial charge in [-0.1, -0.05) is 38.2 Å². The molecule has 26 heavy (non-hydrogen) atoms. The van der Waals surface area contributed by atoms with E-state index in [-0.39, 0.29) is 29.8 Å². The van der Waals surface area contributed by atoms with E-state index in [2.05, 4.69) is 19.6 Å². The molecule has 2 fully saturated rings. The number of allylic oxidation sites excluding steroid dienone is 2. The number of cyclic esters (lactones) is 1. The van der Waals surface area contributed by atoms with Gasteiger partial charge in [-0.15, -0.1) is 0 Å². The van der Waals surface area contributed by atoms with Crippen LogP contribution in [0.5, 0.6) is 0 Å². The van der Waals surface area contributed by atoms with Crippen molar-refractivity contribution in [2.45, 2.75) is 51.9 Å². The van der Waals surface area contributed by atoms with Crippen molar-refractivity contribution in [1.82, 2.24) is 0 Å². The molecule has 2 aliphatic carbocycles. The van der Waals surface area contributed by atoms with E-state index in [1.165, 1.54) is 7.11 Å². The molecule has 0 aromatic carbocycles. The second-order valence-corrected chi connectivity index (χ2v) is 8.44. The van der Waals surface area contributed by atoms with Crippen LogP contribution in [-0.4, -0.2) is 42.3 Å². The molecular formula is C21H30O5. The molecule has 1 unspecified atom stereocenters. The molecule has 0 saturated heterocycles. The Hall–Kier alpha value is -1.43. The Morgan fingerprint density at radius 1 is 1.42 bits per heavy atom. The van der Waals surface area contributed by atoms with Crippen LogP contribution in [0.4, 0.5) is 0 Å². The van der Waals surface area contributed by atoms with Crippen LogP contribution in [0.15, 0.2) is 36.0 Å². The maximum atomic E-state index is 11.9. The van der Waals surface area contributed by atoms with E-state index < -0.39 is 17.8 Å². The summed E-state index contributed by atoms with van der Waals surface area (Å²) < 4.78 is 10.2. The molecule has 0 bridgehead atoms. The minimum Gasteiger partial charge on any atom is -0.428 e. The highest BCUT2D eigenvalue weighted by Gasteiger charge is 2.57. The monoisotopic (exact) mass is 362 g/mol. The van der Waals surface area contributed by atoms with E-state index in [1.54, 1.807) is 6.08 Å². The van der Waals surface area contributed by atoms with E-state index in [4.69, 9.17) is 9.47 Å². The minimum absolute atomic E-state index is 0.0235. The van der Waals surface area contributed by atoms with Crippen LogP contribution >= 0.6 is 0 Å². The van der Waals surface area contributed by atoms with E-state index in [0.717, 1.165) is 24.8 Å². The lowest BCUT2D eigenvalue weighted by atomic mass is 9.46. The van der Waals surface area contributed by atoms with Crippen LogP contribution in [0.2, 0.25) is 0 Å². The lowest BCUT2D eigenvalue weighted by Gasteiger charge is -2.59. The molecule has 0 amide bonds. The average Bonchev–Trinajstić information content (AvgIpc) is 2.98. The van der Waals surface area contributed by atoms with Gasteiger partial charge in [0.05, 0.1) is 18.3 Å². The summed E-state index contributed by atoms with van der Waals surface area (Å²) >= 11 is 0. The Balaban J connectivity index is 1.90. The van der Waals surface area contributed by atoms with Crippen LogP contribution < -0.4 is 0 Å². The van der Waals surface area contributed by atoms with Crippen molar-refractivity contribution >= 4 is 5.97 Å². The number of esters is 1. The molecule has 1 aliphatic heterocycles. The highest BCUT2D eigenvalue weighted by Crippen LogP contribution is 2.61. The van der Waals surface area contributed by atoms with Gasteiger partial charge in [-0.3, -0.25) is 0 Å². The summed E-state index contributed by atoms with van der Waals surface area (Å²) in [5, 5.41) is 20.6. The van der Waals surface area contributed by atoms with Crippen molar-refractivity contribution in [3.8, 4) is 0 Å². The Morgan fingerprint density at radius 2 is 2.15 bits per heavy atom. The summed E-state index contributed by atoms with van der Waals surface area (Å²) in [5.41, 5.74) is 1.03. The zero-order valence-electron chi connectivity index (χ0n) is 15.9. The summed E-state index contributed by atoms with van der Waals surface area (Å²) in [6.07, 6.45) is 7.74. The van der Waals surface area contributed by atoms with Gasteiger partial charge in [0.15, 0.2) is 0 Å². The standard InChI is InChI=1S/C21H30O5/c1-13-5-8-16-20(2,10-9-17(23)21(16,3)12-22)15(13)7-6-14-11-18(25-4)26-19(14)24/h6-7,11,15-18,22-23H,1,5,8-10,12H2,2-4H3/b7-6+/t15-,16+,17-,18?,20+,21+/m1/s1. The van der Waals surface area contributed by atoms with E-state index in [0.29, 0.717) is 12.0 Å². The molecule has 2 saturated carbocycles. The quantitative estimate of drug-likeness (QED) is 0.594. The SMILES string of the molecule is C=C1CC[C@@H]2[C@](C)(CO)[C@H](O)CC[C@@]2(C)[C@@H]1/C=C/C1=CC(OC)OC1=O. The number of hydrogen-bond donors (Lipinski definition) is 2. The molecule has 1 heterocycles. The number of ether oxygens (including phenoxy) is 2. The van der Waals surface area contributed by atoms with E-state index >= 15 is 0 Å². The molecule has 2 N–H and O–H groups in total. The fraction of sp³-hybridized carbons (Fsp3) is 0.667. The van der Waals surface area contributed by atoms with Crippen molar-refractivity contribution in [2.24, 2.45) is 22.7 Å². The molecule has 0 aromatic rings. The van der Waals surface area contributed by atoms with Crippen molar-refractivity contribution < 1.29 is 24.5 Å². The largest absolute Gasteiger partial charge is 0.428 e. The second-order valence-electron chi connectivity index (χ2n) is 8.44. The van der Waals surface area contributed by atoms with Crippen LogP contribution in [0.25, 0.3) is 0 Å². The van der Waals surface area contributed by atoms with Gasteiger partial charge in [0, 0.05) is 18.4 Å². The smallest absolute Gasteiger partial charge is 0.340 e. The average molecular weight is 362 g/mol. The van der Waals surface area contributed by atoms with Crippen LogP contribution in [0, 0.1) is 22.7 Å². The highest BCUT2D eigenvalue weighted by atomic mass is 16.7. The number of aliphatic hydroxyl groups excluding tert-OH is 2. The first-order valence-corrected chi connectivity index (χ1v) is 9.36. The van der Waals surface area contributed by atoms with Gasteiger partial charge in [0.25, 0.3) is 0 Å². The summed E-state index contributed by atoms with van der Waals surface area (Å²) in [4.78, 5) is 11.9. The maximum absolute atomic E-state index is 11.9. The first kappa shape index (κ1) is 19.3. The molecule has 3 aliphatic rings. The molecule has 5 heteroatoms. The normalized spacial score (nSPS) is 43.3. The molecule has 6 atom stereocenters. The van der Waals surface area contributed by atoms with Crippen molar-refractivity contribution in [1.29, 1.82) is 0 Å². The number of hydrogen-bond acceptors (Lipinski definition) is 5. The maximum Gasteiger partial charge on any atom is 0.340 e. The lowest BCUT2D eigenvalue weighted by Crippen LogP contribution is -2.57. The van der Waals surface area contributed by atoms with Gasteiger partial charge < -0.3 is 19.7 Å². The fourth-order valence-corrected chi connectivity index (χ4v) is 5.35. The van der Waals surface area contributed by atoms with Crippen LogP contribution in [-0.2, 0) is 14.3 Å². The number of methoxy groups -OCH3 is 1. The van der Waals surface area contributed by atoms with Gasteiger partial charge in [-0.05, 0) is 43.1 Å². The van der Waals surface area contributed by atoms with E-state index in [1.807, 2.05) is 13.0 Å². The Kier molecular flexibility index (Phi) is 5.17. The molecule has 144 valence electrons. The van der Waals surface area contributed by atoms with Gasteiger partial charge in [-0.2, -0.15) is 0 Å². The van der Waals surface area contributed by atoms with Crippen molar-refractivity contribution in [3.05, 3.63) is 36.0 Å². The zero-order valence-corrected chi connectivity index (χ0v) is 15.9. The van der Waals surface area contributed by atoms with Gasteiger partial charge in [0.2, 0.25) is 6.29 Å². The second kappa shape index (κ2) is 6.95. The predicted octanol–water partition coefficient (Wildman–Crippen LogP) is 2.74. The number of fused-ring (bicyclic) bond motifs is 1. The molecule has 0 spiro atoms. The third kappa shape index (κ3) is 2.96. The Bertz CT molecular complexity index is 651. The van der Waals surface area contributed by atoms with Gasteiger partial charge in [-0.25, -0.2) is 4.79 Å². The summed E-state index contributed by atoms with van der Waals surface area (Å²) in [6.45, 7) is 8.49. The lowest BCUT2D eigenvalue weighted by molar-refractivity contribution is -0.154. The van der Waals surface area contributed by atoms with Crippen molar-refractivity contribution in [2.75, 3.05) is 13.7 Å². The van der Waals surface area contributed by atoms with Crippen LogP contribution in [0.1, 0.15) is 39.5 Å². The topological polar surface area (TPSA) is 76.0 Å². The zero-order chi connectivity index (χ0) is 19.1. The number of aliphatic hydroxyl groups is 2. The van der Waals surface area contributed by atoms with E-state index in [9.17, 15) is 15.0 Å².